The second kappa shape index (κ2) is 6.47. The molecule has 0 aliphatic rings. The van der Waals surface area contributed by atoms with Gasteiger partial charge in [-0.05, 0) is 6.92 Å². The van der Waals surface area contributed by atoms with Crippen molar-refractivity contribution in [1.82, 2.24) is 5.32 Å². The average molecular weight is 213 g/mol. The van der Waals surface area contributed by atoms with Crippen LogP contribution in [0.25, 0.3) is 0 Å². The molecular weight excluding hydrogens is 199 g/mol. The first-order valence-corrected chi connectivity index (χ1v) is 4.14. The van der Waals surface area contributed by atoms with Crippen molar-refractivity contribution in [2.24, 2.45) is 10.7 Å². The zero-order chi connectivity index (χ0) is 11.0. The van der Waals surface area contributed by atoms with Crippen LogP contribution in [0.1, 0.15) is 6.92 Å². The minimum atomic E-state index is -4.28. The molecule has 0 heterocycles. The van der Waals surface area contributed by atoms with E-state index >= 15 is 0 Å². The highest BCUT2D eigenvalue weighted by Gasteiger charge is 2.27. The molecule has 7 heteroatoms. The summed E-state index contributed by atoms with van der Waals surface area (Å²) in [5.41, 5.74) is 5.31. The maximum atomic E-state index is 11.6. The Morgan fingerprint density at radius 3 is 2.64 bits per heavy atom. The average Bonchev–Trinajstić information content (AvgIpc) is 2.02. The number of ether oxygens (including phenoxy) is 1. The number of hydrogen-bond donors (Lipinski definition) is 2. The summed E-state index contributed by atoms with van der Waals surface area (Å²) in [6.45, 7) is 1.24. The van der Waals surface area contributed by atoms with Gasteiger partial charge in [0.1, 0.15) is 6.61 Å². The van der Waals surface area contributed by atoms with Gasteiger partial charge in [-0.1, -0.05) is 0 Å². The first-order valence-electron chi connectivity index (χ1n) is 4.14. The van der Waals surface area contributed by atoms with Crippen molar-refractivity contribution in [3.8, 4) is 0 Å². The van der Waals surface area contributed by atoms with Crippen LogP contribution in [-0.2, 0) is 4.74 Å². The molecule has 0 aromatic carbocycles. The van der Waals surface area contributed by atoms with Gasteiger partial charge in [-0.3, -0.25) is 4.99 Å². The Kier molecular flexibility index (Phi) is 6.02. The van der Waals surface area contributed by atoms with E-state index in [1.165, 1.54) is 0 Å². The highest BCUT2D eigenvalue weighted by molar-refractivity contribution is 5.77. The predicted octanol–water partition coefficient (Wildman–Crippen LogP) is 0.489. The zero-order valence-corrected chi connectivity index (χ0v) is 7.90. The fourth-order valence-electron chi connectivity index (χ4n) is 0.656. The van der Waals surface area contributed by atoms with Crippen molar-refractivity contribution < 1.29 is 17.9 Å². The number of rotatable bonds is 5. The molecule has 0 fully saturated rings. The number of halogens is 3. The molecule has 0 bridgehead atoms. The Bertz CT molecular complexity index is 182. The molecule has 0 radical (unpaired) electrons. The molecule has 0 aliphatic carbocycles. The first-order chi connectivity index (χ1) is 6.45. The molecular formula is C7H14F3N3O. The van der Waals surface area contributed by atoms with Gasteiger partial charge >= 0.3 is 6.18 Å². The van der Waals surface area contributed by atoms with E-state index in [2.05, 4.69) is 15.0 Å². The van der Waals surface area contributed by atoms with Crippen LogP contribution in [0.2, 0.25) is 0 Å². The fraction of sp³-hybridized carbons (Fsp3) is 0.857. The number of nitrogens with one attached hydrogen (secondary N) is 1. The van der Waals surface area contributed by atoms with Crippen molar-refractivity contribution in [2.75, 3.05) is 26.3 Å². The highest BCUT2D eigenvalue weighted by Crippen LogP contribution is 2.13. The SMILES string of the molecule is CCNC(N)=NCCOCC(F)(F)F. The van der Waals surface area contributed by atoms with Gasteiger partial charge in [-0.25, -0.2) is 0 Å². The van der Waals surface area contributed by atoms with Crippen molar-refractivity contribution >= 4 is 5.96 Å². The molecule has 84 valence electrons. The second-order valence-corrected chi connectivity index (χ2v) is 2.47. The van der Waals surface area contributed by atoms with Gasteiger partial charge in [0.25, 0.3) is 0 Å². The summed E-state index contributed by atoms with van der Waals surface area (Å²) in [6, 6.07) is 0. The van der Waals surface area contributed by atoms with E-state index in [9.17, 15) is 13.2 Å². The molecule has 0 saturated heterocycles. The van der Waals surface area contributed by atoms with Crippen LogP contribution >= 0.6 is 0 Å². The van der Waals surface area contributed by atoms with Gasteiger partial charge in [0.15, 0.2) is 5.96 Å². The number of nitrogens with two attached hydrogens (primary N) is 1. The topological polar surface area (TPSA) is 59.6 Å². The van der Waals surface area contributed by atoms with Crippen LogP contribution in [-0.4, -0.2) is 38.4 Å². The Hall–Kier alpha value is -0.980. The number of hydrogen-bond acceptors (Lipinski definition) is 2. The minimum absolute atomic E-state index is 0.0917. The monoisotopic (exact) mass is 213 g/mol. The Morgan fingerprint density at radius 2 is 2.14 bits per heavy atom. The molecule has 14 heavy (non-hydrogen) atoms. The van der Waals surface area contributed by atoms with Gasteiger partial charge < -0.3 is 15.8 Å². The summed E-state index contributed by atoms with van der Waals surface area (Å²) in [6.07, 6.45) is -4.28. The van der Waals surface area contributed by atoms with Gasteiger partial charge in [0, 0.05) is 6.54 Å². The van der Waals surface area contributed by atoms with Crippen LogP contribution in [0, 0.1) is 0 Å². The number of alkyl halides is 3. The second-order valence-electron chi connectivity index (χ2n) is 2.47. The van der Waals surface area contributed by atoms with E-state index in [0.29, 0.717) is 6.54 Å². The van der Waals surface area contributed by atoms with Crippen LogP contribution < -0.4 is 11.1 Å². The molecule has 0 spiro atoms. The van der Waals surface area contributed by atoms with Gasteiger partial charge in [0.05, 0.1) is 13.2 Å². The van der Waals surface area contributed by atoms with Crippen LogP contribution in [0.3, 0.4) is 0 Å². The Balaban J connectivity index is 3.42. The summed E-state index contributed by atoms with van der Waals surface area (Å²) in [5, 5.41) is 2.70. The van der Waals surface area contributed by atoms with E-state index in [1.807, 2.05) is 6.92 Å². The molecule has 0 amide bonds. The van der Waals surface area contributed by atoms with Crippen LogP contribution in [0.4, 0.5) is 13.2 Å². The van der Waals surface area contributed by atoms with Crippen molar-refractivity contribution in [3.05, 3.63) is 0 Å². The molecule has 0 aliphatic heterocycles. The zero-order valence-electron chi connectivity index (χ0n) is 7.90. The van der Waals surface area contributed by atoms with Crippen LogP contribution in [0.15, 0.2) is 4.99 Å². The van der Waals surface area contributed by atoms with E-state index in [0.717, 1.165) is 0 Å². The molecule has 0 rings (SSSR count). The molecule has 0 aromatic heterocycles. The van der Waals surface area contributed by atoms with Crippen molar-refractivity contribution in [1.29, 1.82) is 0 Å². The fourth-order valence-corrected chi connectivity index (χ4v) is 0.656. The van der Waals surface area contributed by atoms with Crippen molar-refractivity contribution in [2.45, 2.75) is 13.1 Å². The number of guanidine groups is 1. The number of aliphatic imine (C=N–C) groups is 1. The summed E-state index contributed by atoms with van der Waals surface area (Å²) in [7, 11) is 0. The smallest absolute Gasteiger partial charge is 0.370 e. The Morgan fingerprint density at radius 1 is 1.50 bits per heavy atom. The quantitative estimate of drug-likeness (QED) is 0.397. The van der Waals surface area contributed by atoms with Gasteiger partial charge in [0.2, 0.25) is 0 Å². The maximum Gasteiger partial charge on any atom is 0.411 e. The standard InChI is InChI=1S/C7H14F3N3O/c1-2-12-6(11)13-3-4-14-5-7(8,9)10/h2-5H2,1H3,(H3,11,12,13). The highest BCUT2D eigenvalue weighted by atomic mass is 19.4. The number of nitrogens with zero attached hydrogens (tertiary/aromatic N) is 1. The summed E-state index contributed by atoms with van der Waals surface area (Å²) in [5.74, 6) is 0.211. The third-order valence-corrected chi connectivity index (χ3v) is 1.14. The summed E-state index contributed by atoms with van der Waals surface area (Å²) < 4.78 is 39.0. The maximum absolute atomic E-state index is 11.6. The molecule has 0 unspecified atom stereocenters. The van der Waals surface area contributed by atoms with E-state index in [1.54, 1.807) is 0 Å². The lowest BCUT2D eigenvalue weighted by atomic mass is 10.6. The normalized spacial score (nSPS) is 13.0. The third kappa shape index (κ3) is 9.11. The minimum Gasteiger partial charge on any atom is -0.370 e. The van der Waals surface area contributed by atoms with Gasteiger partial charge in [-0.15, -0.1) is 0 Å². The lowest BCUT2D eigenvalue weighted by Crippen LogP contribution is -2.31. The molecule has 0 aromatic rings. The van der Waals surface area contributed by atoms with Gasteiger partial charge in [-0.2, -0.15) is 13.2 Å². The third-order valence-electron chi connectivity index (χ3n) is 1.14. The summed E-state index contributed by atoms with van der Waals surface area (Å²) >= 11 is 0. The first kappa shape index (κ1) is 13.0. The van der Waals surface area contributed by atoms with Crippen molar-refractivity contribution in [3.63, 3.8) is 0 Å². The lowest BCUT2D eigenvalue weighted by molar-refractivity contribution is -0.173. The molecule has 3 N–H and O–H groups in total. The largest absolute Gasteiger partial charge is 0.411 e. The van der Waals surface area contributed by atoms with E-state index in [-0.39, 0.29) is 19.1 Å². The molecule has 0 saturated carbocycles. The van der Waals surface area contributed by atoms with Crippen LogP contribution in [0.5, 0.6) is 0 Å². The molecule has 4 nitrogen and oxygen atoms in total. The lowest BCUT2D eigenvalue weighted by Gasteiger charge is -2.06. The Labute approximate surface area is 80.3 Å². The molecule has 0 atom stereocenters. The van der Waals surface area contributed by atoms with E-state index in [4.69, 9.17) is 5.73 Å². The summed E-state index contributed by atoms with van der Waals surface area (Å²) in [4.78, 5) is 3.72. The van der Waals surface area contributed by atoms with E-state index < -0.39 is 12.8 Å². The predicted molar refractivity (Wildman–Crippen MR) is 47.0 cm³/mol.